The highest BCUT2D eigenvalue weighted by atomic mass is 32.2. The summed E-state index contributed by atoms with van der Waals surface area (Å²) in [6.45, 7) is -0.167. The zero-order valence-electron chi connectivity index (χ0n) is 10.9. The van der Waals surface area contributed by atoms with Gasteiger partial charge in [-0.2, -0.15) is 0 Å². The molecule has 0 amide bonds. The average molecular weight is 305 g/mol. The number of rotatable bonds is 3. The van der Waals surface area contributed by atoms with Gasteiger partial charge in [0.1, 0.15) is 23.1 Å². The summed E-state index contributed by atoms with van der Waals surface area (Å²) in [4.78, 5) is 0.225. The third-order valence-corrected chi connectivity index (χ3v) is 5.12. The second-order valence-electron chi connectivity index (χ2n) is 4.63. The molecule has 3 rings (SSSR count). The van der Waals surface area contributed by atoms with Crippen LogP contribution in [0.5, 0.6) is 5.75 Å². The van der Waals surface area contributed by atoms with E-state index in [-0.39, 0.29) is 27.8 Å². The van der Waals surface area contributed by atoms with Gasteiger partial charge in [0.05, 0.1) is 10.6 Å². The molecule has 1 aliphatic rings. The molecule has 0 aromatic heterocycles. The minimum absolute atomic E-state index is 0.111. The number of ether oxygens (including phenoxy) is 1. The molecule has 0 unspecified atom stereocenters. The van der Waals surface area contributed by atoms with E-state index in [1.54, 1.807) is 24.3 Å². The average Bonchev–Trinajstić information content (AvgIpc) is 2.69. The van der Waals surface area contributed by atoms with E-state index >= 15 is 0 Å². The quantitative estimate of drug-likeness (QED) is 0.885. The Labute approximate surface area is 121 Å². The first-order valence-corrected chi connectivity index (χ1v) is 7.69. The third-order valence-electron chi connectivity index (χ3n) is 3.18. The van der Waals surface area contributed by atoms with Crippen molar-refractivity contribution in [3.05, 3.63) is 58.8 Å². The number of nitrogen functional groups attached to an aromatic ring is 1. The Hall–Kier alpha value is -2.34. The SMILES string of the molecule is Nc1cccc2c1S(=O)(=O)C(COc1cccc(F)c1)=C2. The van der Waals surface area contributed by atoms with Gasteiger partial charge in [-0.1, -0.05) is 18.2 Å². The highest BCUT2D eigenvalue weighted by Crippen LogP contribution is 2.36. The van der Waals surface area contributed by atoms with E-state index in [0.717, 1.165) is 0 Å². The molecule has 0 saturated heterocycles. The van der Waals surface area contributed by atoms with E-state index < -0.39 is 15.7 Å². The molecule has 6 heteroatoms. The molecule has 0 atom stereocenters. The molecule has 4 nitrogen and oxygen atoms in total. The fourth-order valence-electron chi connectivity index (χ4n) is 2.21. The van der Waals surface area contributed by atoms with Crippen LogP contribution in [0.1, 0.15) is 5.56 Å². The lowest BCUT2D eigenvalue weighted by atomic mass is 10.2. The van der Waals surface area contributed by atoms with Gasteiger partial charge >= 0.3 is 0 Å². The second kappa shape index (κ2) is 4.89. The van der Waals surface area contributed by atoms with Crippen molar-refractivity contribution in [1.82, 2.24) is 0 Å². The largest absolute Gasteiger partial charge is 0.488 e. The number of fused-ring (bicyclic) bond motifs is 1. The van der Waals surface area contributed by atoms with Gasteiger partial charge in [0, 0.05) is 6.07 Å². The summed E-state index contributed by atoms with van der Waals surface area (Å²) < 4.78 is 43.2. The maximum absolute atomic E-state index is 13.1. The van der Waals surface area contributed by atoms with Crippen LogP contribution in [0.2, 0.25) is 0 Å². The summed E-state index contributed by atoms with van der Waals surface area (Å²) in [5.74, 6) is -0.168. The van der Waals surface area contributed by atoms with E-state index in [2.05, 4.69) is 0 Å². The number of nitrogens with two attached hydrogens (primary N) is 1. The van der Waals surface area contributed by atoms with Crippen molar-refractivity contribution in [2.75, 3.05) is 12.3 Å². The molecule has 2 aromatic rings. The summed E-state index contributed by atoms with van der Waals surface area (Å²) in [6, 6.07) is 10.5. The van der Waals surface area contributed by atoms with E-state index in [1.807, 2.05) is 0 Å². The minimum Gasteiger partial charge on any atom is -0.488 e. The van der Waals surface area contributed by atoms with Crippen LogP contribution >= 0.6 is 0 Å². The molecule has 0 radical (unpaired) electrons. The first-order chi connectivity index (χ1) is 9.98. The Kier molecular flexibility index (Phi) is 3.17. The fraction of sp³-hybridized carbons (Fsp3) is 0.0667. The lowest BCUT2D eigenvalue weighted by molar-refractivity contribution is 0.357. The monoisotopic (exact) mass is 305 g/mol. The van der Waals surface area contributed by atoms with Crippen molar-refractivity contribution in [3.63, 3.8) is 0 Å². The molecule has 0 saturated carbocycles. The van der Waals surface area contributed by atoms with Gasteiger partial charge in [-0.15, -0.1) is 0 Å². The van der Waals surface area contributed by atoms with Gasteiger partial charge in [0.25, 0.3) is 0 Å². The first kappa shape index (κ1) is 13.6. The summed E-state index contributed by atoms with van der Waals surface area (Å²) in [5.41, 5.74) is 6.50. The van der Waals surface area contributed by atoms with E-state index in [4.69, 9.17) is 10.5 Å². The molecule has 108 valence electrons. The zero-order chi connectivity index (χ0) is 15.0. The maximum Gasteiger partial charge on any atom is 0.208 e. The number of benzene rings is 2. The third kappa shape index (κ3) is 2.38. The Balaban J connectivity index is 1.87. The maximum atomic E-state index is 13.1. The van der Waals surface area contributed by atoms with Crippen LogP contribution in [0.25, 0.3) is 6.08 Å². The van der Waals surface area contributed by atoms with Gasteiger partial charge in [-0.3, -0.25) is 0 Å². The molecule has 21 heavy (non-hydrogen) atoms. The number of sulfone groups is 1. The normalized spacial score (nSPS) is 15.4. The molecule has 0 spiro atoms. The molecule has 2 N–H and O–H groups in total. The van der Waals surface area contributed by atoms with Gasteiger partial charge < -0.3 is 10.5 Å². The molecule has 0 aliphatic carbocycles. The second-order valence-corrected chi connectivity index (χ2v) is 6.57. The van der Waals surface area contributed by atoms with Crippen molar-refractivity contribution in [3.8, 4) is 5.75 Å². The molecule has 1 aliphatic heterocycles. The minimum atomic E-state index is -3.64. The smallest absolute Gasteiger partial charge is 0.208 e. The predicted molar refractivity (Wildman–Crippen MR) is 77.9 cm³/mol. The first-order valence-electron chi connectivity index (χ1n) is 6.21. The lowest BCUT2D eigenvalue weighted by Crippen LogP contribution is -2.10. The van der Waals surface area contributed by atoms with Gasteiger partial charge in [-0.25, -0.2) is 12.8 Å². The number of anilines is 1. The van der Waals surface area contributed by atoms with Crippen molar-refractivity contribution in [2.45, 2.75) is 4.90 Å². The van der Waals surface area contributed by atoms with Gasteiger partial charge in [-0.05, 0) is 29.8 Å². The van der Waals surface area contributed by atoms with Crippen LogP contribution in [0.15, 0.2) is 52.3 Å². The highest BCUT2D eigenvalue weighted by molar-refractivity contribution is 7.96. The van der Waals surface area contributed by atoms with Gasteiger partial charge in [0.15, 0.2) is 0 Å². The topological polar surface area (TPSA) is 69.4 Å². The van der Waals surface area contributed by atoms with Crippen LogP contribution in [0, 0.1) is 5.82 Å². The van der Waals surface area contributed by atoms with Crippen LogP contribution < -0.4 is 10.5 Å². The van der Waals surface area contributed by atoms with Crippen LogP contribution in [0.4, 0.5) is 10.1 Å². The molecular formula is C15H12FNO3S. The van der Waals surface area contributed by atoms with Crippen molar-refractivity contribution < 1.29 is 17.5 Å². The van der Waals surface area contributed by atoms with Crippen LogP contribution in [-0.2, 0) is 9.84 Å². The van der Waals surface area contributed by atoms with E-state index in [1.165, 1.54) is 24.3 Å². The number of halogens is 1. The van der Waals surface area contributed by atoms with Gasteiger partial charge in [0.2, 0.25) is 9.84 Å². The van der Waals surface area contributed by atoms with Crippen molar-refractivity contribution in [2.24, 2.45) is 0 Å². The Bertz CT molecular complexity index is 844. The highest BCUT2D eigenvalue weighted by Gasteiger charge is 2.31. The van der Waals surface area contributed by atoms with Crippen LogP contribution in [-0.4, -0.2) is 15.0 Å². The Morgan fingerprint density at radius 2 is 1.90 bits per heavy atom. The number of hydrogen-bond acceptors (Lipinski definition) is 4. The standard InChI is InChI=1S/C15H12FNO3S/c16-11-4-2-5-12(8-11)20-9-13-7-10-3-1-6-14(17)15(10)21(13,18)19/h1-8H,9,17H2. The summed E-state index contributed by atoms with van der Waals surface area (Å²) in [5, 5.41) is 0. The summed E-state index contributed by atoms with van der Waals surface area (Å²) in [7, 11) is -3.64. The molecule has 0 fully saturated rings. The predicted octanol–water partition coefficient (Wildman–Crippen LogP) is 2.62. The Morgan fingerprint density at radius 3 is 2.62 bits per heavy atom. The zero-order valence-corrected chi connectivity index (χ0v) is 11.7. The fourth-order valence-corrected chi connectivity index (χ4v) is 3.78. The van der Waals surface area contributed by atoms with Crippen LogP contribution in [0.3, 0.4) is 0 Å². The lowest BCUT2D eigenvalue weighted by Gasteiger charge is -2.08. The number of hydrogen-bond donors (Lipinski definition) is 1. The van der Waals surface area contributed by atoms with E-state index in [0.29, 0.717) is 5.56 Å². The van der Waals surface area contributed by atoms with Crippen molar-refractivity contribution >= 4 is 21.6 Å². The summed E-state index contributed by atoms with van der Waals surface area (Å²) in [6.07, 6.45) is 1.53. The molecule has 2 aromatic carbocycles. The van der Waals surface area contributed by atoms with E-state index in [9.17, 15) is 12.8 Å². The molecule has 0 bridgehead atoms. The molecular weight excluding hydrogens is 293 g/mol. The molecule has 1 heterocycles. The Morgan fingerprint density at radius 1 is 1.14 bits per heavy atom. The summed E-state index contributed by atoms with van der Waals surface area (Å²) >= 11 is 0. The van der Waals surface area contributed by atoms with Crippen molar-refractivity contribution in [1.29, 1.82) is 0 Å².